The van der Waals surface area contributed by atoms with Gasteiger partial charge in [0.15, 0.2) is 0 Å². The van der Waals surface area contributed by atoms with Crippen LogP contribution in [0.25, 0.3) is 0 Å². The lowest BCUT2D eigenvalue weighted by atomic mass is 10.0. The standard InChI is InChI=1S/C36H58O/c1-3-5-7-9-11-13-15-17-19-21-24-33-28-30-35(31-29-33)37-36-27-23-26-34(32-36)25-22-20-18-16-14-12-10-8-6-4-2/h23,26-32H,3-22,24-25H2,1-2H3. The van der Waals surface area contributed by atoms with Gasteiger partial charge < -0.3 is 4.74 Å². The van der Waals surface area contributed by atoms with Crippen molar-refractivity contribution in [1.29, 1.82) is 0 Å². The van der Waals surface area contributed by atoms with Gasteiger partial charge in [0, 0.05) is 0 Å². The summed E-state index contributed by atoms with van der Waals surface area (Å²) in [6.45, 7) is 4.58. The molecule has 0 aliphatic heterocycles. The fourth-order valence-corrected chi connectivity index (χ4v) is 5.26. The van der Waals surface area contributed by atoms with E-state index in [1.807, 2.05) is 0 Å². The molecule has 0 fully saturated rings. The second kappa shape index (κ2) is 22.2. The quantitative estimate of drug-likeness (QED) is 0.129. The molecule has 208 valence electrons. The summed E-state index contributed by atoms with van der Waals surface area (Å²) >= 11 is 0. The maximum Gasteiger partial charge on any atom is 0.127 e. The first-order chi connectivity index (χ1) is 18.3. The topological polar surface area (TPSA) is 9.23 Å². The summed E-state index contributed by atoms with van der Waals surface area (Å²) < 4.78 is 6.18. The number of aryl methyl sites for hydroxylation is 2. The minimum absolute atomic E-state index is 0.947. The smallest absolute Gasteiger partial charge is 0.127 e. The van der Waals surface area contributed by atoms with Gasteiger partial charge in [-0.3, -0.25) is 0 Å². The normalized spacial score (nSPS) is 11.2. The van der Waals surface area contributed by atoms with Gasteiger partial charge in [0.25, 0.3) is 0 Å². The van der Waals surface area contributed by atoms with E-state index in [-0.39, 0.29) is 0 Å². The van der Waals surface area contributed by atoms with Crippen molar-refractivity contribution in [2.45, 2.75) is 155 Å². The molecule has 2 aromatic carbocycles. The summed E-state index contributed by atoms with van der Waals surface area (Å²) in [6.07, 6.45) is 30.2. The molecule has 0 aliphatic carbocycles. The van der Waals surface area contributed by atoms with Crippen LogP contribution in [0.3, 0.4) is 0 Å². The highest BCUT2D eigenvalue weighted by molar-refractivity contribution is 5.35. The molecule has 2 rings (SSSR count). The molecule has 0 saturated heterocycles. The maximum atomic E-state index is 6.18. The van der Waals surface area contributed by atoms with Gasteiger partial charge in [0.2, 0.25) is 0 Å². The molecule has 0 aliphatic rings. The molecule has 0 unspecified atom stereocenters. The summed E-state index contributed by atoms with van der Waals surface area (Å²) in [7, 11) is 0. The first-order valence-corrected chi connectivity index (χ1v) is 16.2. The number of benzene rings is 2. The minimum atomic E-state index is 0.947. The predicted octanol–water partition coefficient (Wildman–Crippen LogP) is 12.4. The first kappa shape index (κ1) is 31.5. The monoisotopic (exact) mass is 506 g/mol. The highest BCUT2D eigenvalue weighted by atomic mass is 16.5. The second-order valence-electron chi connectivity index (χ2n) is 11.3. The molecule has 0 atom stereocenters. The van der Waals surface area contributed by atoms with Crippen LogP contribution in [-0.2, 0) is 12.8 Å². The Balaban J connectivity index is 1.55. The largest absolute Gasteiger partial charge is 0.457 e. The third-order valence-corrected chi connectivity index (χ3v) is 7.70. The van der Waals surface area contributed by atoms with Crippen LogP contribution in [0.5, 0.6) is 11.5 Å². The third kappa shape index (κ3) is 16.6. The Morgan fingerprint density at radius 3 is 1.32 bits per heavy atom. The highest BCUT2D eigenvalue weighted by Crippen LogP contribution is 2.24. The number of unbranched alkanes of at least 4 members (excludes halogenated alkanes) is 18. The lowest BCUT2D eigenvalue weighted by molar-refractivity contribution is 0.481. The Labute approximate surface area is 230 Å². The van der Waals surface area contributed by atoms with Crippen LogP contribution in [0.15, 0.2) is 48.5 Å². The highest BCUT2D eigenvalue weighted by Gasteiger charge is 2.02. The zero-order chi connectivity index (χ0) is 26.2. The molecule has 0 aromatic heterocycles. The van der Waals surface area contributed by atoms with Crippen LogP contribution in [0.1, 0.15) is 153 Å². The van der Waals surface area contributed by atoms with E-state index in [0.29, 0.717) is 0 Å². The zero-order valence-corrected chi connectivity index (χ0v) is 24.6. The van der Waals surface area contributed by atoms with Crippen LogP contribution in [0.4, 0.5) is 0 Å². The molecular formula is C36H58O. The summed E-state index contributed by atoms with van der Waals surface area (Å²) in [4.78, 5) is 0. The fraction of sp³-hybridized carbons (Fsp3) is 0.667. The van der Waals surface area contributed by atoms with Crippen LogP contribution in [0.2, 0.25) is 0 Å². The Kier molecular flexibility index (Phi) is 18.9. The van der Waals surface area contributed by atoms with Gasteiger partial charge in [-0.25, -0.2) is 0 Å². The summed E-state index contributed by atoms with van der Waals surface area (Å²) in [5.74, 6) is 1.91. The average Bonchev–Trinajstić information content (AvgIpc) is 2.92. The van der Waals surface area contributed by atoms with Crippen molar-refractivity contribution in [1.82, 2.24) is 0 Å². The van der Waals surface area contributed by atoms with E-state index in [9.17, 15) is 0 Å². The van der Waals surface area contributed by atoms with E-state index in [1.54, 1.807) is 0 Å². The van der Waals surface area contributed by atoms with Crippen LogP contribution in [0, 0.1) is 0 Å². The number of rotatable bonds is 24. The summed E-state index contributed by atoms with van der Waals surface area (Å²) in [5, 5.41) is 0. The SMILES string of the molecule is CCCCCCCCCCCCc1ccc(Oc2cccc(CCCCCCCCCCCC)c2)cc1. The minimum Gasteiger partial charge on any atom is -0.457 e. The van der Waals surface area contributed by atoms with Gasteiger partial charge in [0.1, 0.15) is 11.5 Å². The van der Waals surface area contributed by atoms with E-state index < -0.39 is 0 Å². The van der Waals surface area contributed by atoms with Crippen LogP contribution < -0.4 is 4.74 Å². The number of hydrogen-bond acceptors (Lipinski definition) is 1. The van der Waals surface area contributed by atoms with Gasteiger partial charge in [-0.15, -0.1) is 0 Å². The van der Waals surface area contributed by atoms with E-state index in [4.69, 9.17) is 4.74 Å². The van der Waals surface area contributed by atoms with E-state index in [1.165, 1.54) is 146 Å². The van der Waals surface area contributed by atoms with Gasteiger partial charge in [0.05, 0.1) is 0 Å². The molecule has 0 saturated carbocycles. The van der Waals surface area contributed by atoms with Crippen molar-refractivity contribution in [3.63, 3.8) is 0 Å². The van der Waals surface area contributed by atoms with E-state index in [2.05, 4.69) is 62.4 Å². The molecule has 37 heavy (non-hydrogen) atoms. The fourth-order valence-electron chi connectivity index (χ4n) is 5.26. The molecule has 0 radical (unpaired) electrons. The molecule has 0 bridgehead atoms. The number of ether oxygens (including phenoxy) is 1. The summed E-state index contributed by atoms with van der Waals surface area (Å²) in [5.41, 5.74) is 2.83. The van der Waals surface area contributed by atoms with E-state index in [0.717, 1.165) is 17.9 Å². The maximum absolute atomic E-state index is 6.18. The van der Waals surface area contributed by atoms with Gasteiger partial charge in [-0.2, -0.15) is 0 Å². The lowest BCUT2D eigenvalue weighted by Gasteiger charge is -2.09. The van der Waals surface area contributed by atoms with Crippen molar-refractivity contribution in [2.24, 2.45) is 0 Å². The molecule has 0 heterocycles. The zero-order valence-electron chi connectivity index (χ0n) is 24.6. The van der Waals surface area contributed by atoms with Gasteiger partial charge in [-0.1, -0.05) is 154 Å². The Morgan fingerprint density at radius 2 is 0.838 bits per heavy atom. The predicted molar refractivity (Wildman–Crippen MR) is 164 cm³/mol. The van der Waals surface area contributed by atoms with Crippen molar-refractivity contribution in [2.75, 3.05) is 0 Å². The van der Waals surface area contributed by atoms with E-state index >= 15 is 0 Å². The Bertz CT molecular complexity index is 762. The van der Waals surface area contributed by atoms with Crippen molar-refractivity contribution < 1.29 is 4.74 Å². The van der Waals surface area contributed by atoms with Crippen LogP contribution in [-0.4, -0.2) is 0 Å². The number of hydrogen-bond donors (Lipinski definition) is 0. The molecule has 1 nitrogen and oxygen atoms in total. The van der Waals surface area contributed by atoms with Crippen molar-refractivity contribution in [3.8, 4) is 11.5 Å². The Hall–Kier alpha value is -1.76. The lowest BCUT2D eigenvalue weighted by Crippen LogP contribution is -1.90. The molecular weight excluding hydrogens is 448 g/mol. The first-order valence-electron chi connectivity index (χ1n) is 16.2. The van der Waals surface area contributed by atoms with Crippen molar-refractivity contribution >= 4 is 0 Å². The average molecular weight is 507 g/mol. The molecule has 0 spiro atoms. The van der Waals surface area contributed by atoms with Gasteiger partial charge in [-0.05, 0) is 61.1 Å². The second-order valence-corrected chi connectivity index (χ2v) is 11.3. The molecule has 0 N–H and O–H groups in total. The van der Waals surface area contributed by atoms with Crippen LogP contribution >= 0.6 is 0 Å². The summed E-state index contributed by atoms with van der Waals surface area (Å²) in [6, 6.07) is 17.5. The molecule has 2 aromatic rings. The Morgan fingerprint density at radius 1 is 0.405 bits per heavy atom. The van der Waals surface area contributed by atoms with Gasteiger partial charge >= 0.3 is 0 Å². The third-order valence-electron chi connectivity index (χ3n) is 7.70. The molecule has 0 amide bonds. The molecule has 1 heteroatoms. The van der Waals surface area contributed by atoms with Crippen molar-refractivity contribution in [3.05, 3.63) is 59.7 Å².